The van der Waals surface area contributed by atoms with Gasteiger partial charge in [-0.2, -0.15) is 0 Å². The molecule has 0 amide bonds. The fraction of sp³-hybridized carbons (Fsp3) is 0.286. The molecule has 0 bridgehead atoms. The van der Waals surface area contributed by atoms with Crippen molar-refractivity contribution in [2.24, 2.45) is 0 Å². The molecule has 1 aromatic heterocycles. The third-order valence-electron chi connectivity index (χ3n) is 2.74. The molecule has 94 valence electrons. The molecule has 1 N–H and O–H groups in total. The van der Waals surface area contributed by atoms with Crippen molar-refractivity contribution in [1.29, 1.82) is 0 Å². The summed E-state index contributed by atoms with van der Waals surface area (Å²) < 4.78 is 0. The number of para-hydroxylation sites is 2. The van der Waals surface area contributed by atoms with Crippen molar-refractivity contribution < 1.29 is 5.11 Å². The first-order chi connectivity index (χ1) is 8.76. The number of fused-ring (bicyclic) bond motifs is 1. The van der Waals surface area contributed by atoms with E-state index >= 15 is 0 Å². The number of nitrogens with zero attached hydrogens (tertiary/aromatic N) is 3. The quantitative estimate of drug-likeness (QED) is 0.815. The average molecular weight is 243 g/mol. The third-order valence-corrected chi connectivity index (χ3v) is 2.74. The first kappa shape index (κ1) is 12.5. The Kier molecular flexibility index (Phi) is 3.89. The smallest absolute Gasteiger partial charge is 0.151 e. The summed E-state index contributed by atoms with van der Waals surface area (Å²) in [7, 11) is 0. The highest BCUT2D eigenvalue weighted by atomic mass is 16.3. The maximum Gasteiger partial charge on any atom is 0.151 e. The number of anilines is 1. The van der Waals surface area contributed by atoms with Crippen LogP contribution in [0.5, 0.6) is 0 Å². The lowest BCUT2D eigenvalue weighted by Crippen LogP contribution is -2.28. The lowest BCUT2D eigenvalue weighted by molar-refractivity contribution is 0.302. The van der Waals surface area contributed by atoms with Gasteiger partial charge in [0.2, 0.25) is 0 Å². The molecule has 0 atom stereocenters. The van der Waals surface area contributed by atoms with Crippen LogP contribution in [0.2, 0.25) is 0 Å². The van der Waals surface area contributed by atoms with Gasteiger partial charge in [0.1, 0.15) is 0 Å². The van der Waals surface area contributed by atoms with Gasteiger partial charge in [0, 0.05) is 13.1 Å². The SMILES string of the molecule is C=CCN(CCO)c1nc2ccccc2nc1C. The highest BCUT2D eigenvalue weighted by molar-refractivity contribution is 5.76. The van der Waals surface area contributed by atoms with Crippen molar-refractivity contribution >= 4 is 16.9 Å². The van der Waals surface area contributed by atoms with Gasteiger partial charge in [-0.25, -0.2) is 9.97 Å². The van der Waals surface area contributed by atoms with Crippen molar-refractivity contribution in [3.05, 3.63) is 42.6 Å². The number of aliphatic hydroxyl groups excluding tert-OH is 1. The molecule has 0 unspecified atom stereocenters. The van der Waals surface area contributed by atoms with Crippen LogP contribution in [-0.2, 0) is 0 Å². The second kappa shape index (κ2) is 5.60. The maximum atomic E-state index is 9.10. The van der Waals surface area contributed by atoms with E-state index in [4.69, 9.17) is 5.11 Å². The minimum absolute atomic E-state index is 0.0851. The zero-order valence-electron chi connectivity index (χ0n) is 10.5. The third kappa shape index (κ3) is 2.49. The Morgan fingerprint density at radius 3 is 2.56 bits per heavy atom. The molecule has 2 aromatic rings. The number of rotatable bonds is 5. The number of aryl methyl sites for hydroxylation is 1. The Balaban J connectivity index is 2.47. The van der Waals surface area contributed by atoms with E-state index in [0.29, 0.717) is 13.1 Å². The normalized spacial score (nSPS) is 10.6. The van der Waals surface area contributed by atoms with Crippen molar-refractivity contribution in [3.8, 4) is 0 Å². The van der Waals surface area contributed by atoms with Crippen LogP contribution < -0.4 is 4.90 Å². The van der Waals surface area contributed by atoms with Gasteiger partial charge >= 0.3 is 0 Å². The number of aliphatic hydroxyl groups is 1. The Hall–Kier alpha value is -1.94. The standard InChI is InChI=1S/C14H17N3O/c1-3-8-17(9-10-18)14-11(2)15-12-6-4-5-7-13(12)16-14/h3-7,18H,1,8-10H2,2H3. The molecule has 0 fully saturated rings. The zero-order valence-corrected chi connectivity index (χ0v) is 10.5. The molecule has 0 spiro atoms. The van der Waals surface area contributed by atoms with Gasteiger partial charge in [0.05, 0.1) is 23.3 Å². The molecule has 0 aliphatic carbocycles. The summed E-state index contributed by atoms with van der Waals surface area (Å²) in [6.07, 6.45) is 1.80. The van der Waals surface area contributed by atoms with Crippen LogP contribution in [-0.4, -0.2) is 34.8 Å². The fourth-order valence-electron chi connectivity index (χ4n) is 1.94. The molecule has 18 heavy (non-hydrogen) atoms. The summed E-state index contributed by atoms with van der Waals surface area (Å²) in [6, 6.07) is 7.78. The molecule has 0 aliphatic rings. The van der Waals surface area contributed by atoms with Gasteiger partial charge in [-0.15, -0.1) is 6.58 Å². The predicted octanol–water partition coefficient (Wildman–Crippen LogP) is 1.92. The van der Waals surface area contributed by atoms with Crippen molar-refractivity contribution in [2.45, 2.75) is 6.92 Å². The van der Waals surface area contributed by atoms with Crippen molar-refractivity contribution in [3.63, 3.8) is 0 Å². The van der Waals surface area contributed by atoms with E-state index in [1.165, 1.54) is 0 Å². The number of hydrogen-bond donors (Lipinski definition) is 1. The lowest BCUT2D eigenvalue weighted by Gasteiger charge is -2.22. The van der Waals surface area contributed by atoms with E-state index in [1.54, 1.807) is 6.08 Å². The number of hydrogen-bond acceptors (Lipinski definition) is 4. The lowest BCUT2D eigenvalue weighted by atomic mass is 10.3. The predicted molar refractivity (Wildman–Crippen MR) is 73.8 cm³/mol. The Labute approximate surface area is 107 Å². The average Bonchev–Trinajstić information content (AvgIpc) is 2.38. The van der Waals surface area contributed by atoms with Gasteiger partial charge in [0.15, 0.2) is 5.82 Å². The Morgan fingerprint density at radius 2 is 1.94 bits per heavy atom. The first-order valence-electron chi connectivity index (χ1n) is 5.96. The van der Waals surface area contributed by atoms with E-state index in [1.807, 2.05) is 36.1 Å². The minimum atomic E-state index is 0.0851. The Bertz CT molecular complexity index is 554. The minimum Gasteiger partial charge on any atom is -0.395 e. The summed E-state index contributed by atoms with van der Waals surface area (Å²) in [5.41, 5.74) is 2.62. The zero-order chi connectivity index (χ0) is 13.0. The summed E-state index contributed by atoms with van der Waals surface area (Å²) in [5, 5.41) is 9.10. The molecule has 1 heterocycles. The van der Waals surface area contributed by atoms with Gasteiger partial charge in [0.25, 0.3) is 0 Å². The van der Waals surface area contributed by atoms with Gasteiger partial charge in [-0.3, -0.25) is 0 Å². The van der Waals surface area contributed by atoms with Crippen molar-refractivity contribution in [1.82, 2.24) is 9.97 Å². The largest absolute Gasteiger partial charge is 0.395 e. The van der Waals surface area contributed by atoms with Crippen molar-refractivity contribution in [2.75, 3.05) is 24.6 Å². The van der Waals surface area contributed by atoms with Crippen LogP contribution in [0.4, 0.5) is 5.82 Å². The van der Waals surface area contributed by atoms with Crippen LogP contribution >= 0.6 is 0 Å². The molecule has 0 aliphatic heterocycles. The van der Waals surface area contributed by atoms with E-state index in [2.05, 4.69) is 16.5 Å². The molecule has 4 nitrogen and oxygen atoms in total. The van der Waals surface area contributed by atoms with Gasteiger partial charge in [-0.1, -0.05) is 18.2 Å². The highest BCUT2D eigenvalue weighted by Crippen LogP contribution is 2.19. The van der Waals surface area contributed by atoms with E-state index in [0.717, 1.165) is 22.5 Å². The number of aromatic nitrogens is 2. The van der Waals surface area contributed by atoms with E-state index < -0.39 is 0 Å². The van der Waals surface area contributed by atoms with Crippen LogP contribution in [0.15, 0.2) is 36.9 Å². The monoisotopic (exact) mass is 243 g/mol. The Morgan fingerprint density at radius 1 is 1.28 bits per heavy atom. The molecule has 2 rings (SSSR count). The molecular weight excluding hydrogens is 226 g/mol. The van der Waals surface area contributed by atoms with Crippen LogP contribution in [0.1, 0.15) is 5.69 Å². The second-order valence-corrected chi connectivity index (χ2v) is 4.08. The number of benzene rings is 1. The molecule has 0 saturated heterocycles. The van der Waals surface area contributed by atoms with E-state index in [9.17, 15) is 0 Å². The fourth-order valence-corrected chi connectivity index (χ4v) is 1.94. The molecule has 1 aromatic carbocycles. The van der Waals surface area contributed by atoms with Crippen LogP contribution in [0.3, 0.4) is 0 Å². The molecular formula is C14H17N3O. The van der Waals surface area contributed by atoms with Crippen LogP contribution in [0, 0.1) is 6.92 Å². The molecule has 0 radical (unpaired) electrons. The van der Waals surface area contributed by atoms with Gasteiger partial charge in [-0.05, 0) is 19.1 Å². The summed E-state index contributed by atoms with van der Waals surface area (Å²) >= 11 is 0. The molecule has 0 saturated carbocycles. The van der Waals surface area contributed by atoms with E-state index in [-0.39, 0.29) is 6.61 Å². The first-order valence-corrected chi connectivity index (χ1v) is 5.96. The van der Waals surface area contributed by atoms with Gasteiger partial charge < -0.3 is 10.0 Å². The summed E-state index contributed by atoms with van der Waals surface area (Å²) in [5.74, 6) is 0.808. The topological polar surface area (TPSA) is 49.2 Å². The molecule has 4 heteroatoms. The maximum absolute atomic E-state index is 9.10. The second-order valence-electron chi connectivity index (χ2n) is 4.08. The summed E-state index contributed by atoms with van der Waals surface area (Å²) in [4.78, 5) is 11.1. The van der Waals surface area contributed by atoms with Crippen LogP contribution in [0.25, 0.3) is 11.0 Å². The summed E-state index contributed by atoms with van der Waals surface area (Å²) in [6.45, 7) is 6.92. The highest BCUT2D eigenvalue weighted by Gasteiger charge is 2.11.